The SMILES string of the molecule is Cc1cccc(C(=O)N[C@@H](Cc2ccccc2)C(=O)Nc2cccc3c(S(=O)(=O)NC(C)(C)C)cccc23)n1. The van der Waals surface area contributed by atoms with Crippen molar-refractivity contribution in [2.75, 3.05) is 5.32 Å². The Morgan fingerprint density at radius 1 is 0.846 bits per heavy atom. The lowest BCUT2D eigenvalue weighted by Gasteiger charge is -2.22. The molecule has 2 amide bonds. The maximum absolute atomic E-state index is 13.6. The molecule has 0 fully saturated rings. The summed E-state index contributed by atoms with van der Waals surface area (Å²) in [6, 6.07) is 23.6. The van der Waals surface area contributed by atoms with Gasteiger partial charge in [-0.3, -0.25) is 9.59 Å². The van der Waals surface area contributed by atoms with Crippen molar-refractivity contribution in [1.82, 2.24) is 15.0 Å². The number of carbonyl (C=O) groups is 2. The van der Waals surface area contributed by atoms with Crippen molar-refractivity contribution >= 4 is 38.3 Å². The Morgan fingerprint density at radius 3 is 2.21 bits per heavy atom. The fourth-order valence-electron chi connectivity index (χ4n) is 4.26. The predicted molar refractivity (Wildman–Crippen MR) is 153 cm³/mol. The van der Waals surface area contributed by atoms with E-state index in [-0.39, 0.29) is 17.0 Å². The molecule has 0 aliphatic rings. The first-order chi connectivity index (χ1) is 18.4. The van der Waals surface area contributed by atoms with Crippen LogP contribution in [0.4, 0.5) is 5.69 Å². The summed E-state index contributed by atoms with van der Waals surface area (Å²) in [5, 5.41) is 6.76. The molecule has 0 aliphatic carbocycles. The fourth-order valence-corrected chi connectivity index (χ4v) is 5.90. The molecule has 3 aromatic carbocycles. The van der Waals surface area contributed by atoms with E-state index in [0.29, 0.717) is 22.2 Å². The molecule has 0 saturated heterocycles. The minimum atomic E-state index is -3.82. The molecule has 0 saturated carbocycles. The van der Waals surface area contributed by atoms with Crippen molar-refractivity contribution in [2.45, 2.75) is 50.6 Å². The smallest absolute Gasteiger partial charge is 0.270 e. The average molecular weight is 545 g/mol. The fraction of sp³-hybridized carbons (Fsp3) is 0.233. The number of nitrogens with zero attached hydrogens (tertiary/aromatic N) is 1. The van der Waals surface area contributed by atoms with Gasteiger partial charge in [0.05, 0.1) is 4.90 Å². The number of rotatable bonds is 8. The second-order valence-corrected chi connectivity index (χ2v) is 12.0. The van der Waals surface area contributed by atoms with Crippen molar-refractivity contribution in [3.8, 4) is 0 Å². The van der Waals surface area contributed by atoms with E-state index in [1.54, 1.807) is 76.2 Å². The summed E-state index contributed by atoms with van der Waals surface area (Å²) in [6.07, 6.45) is 0.254. The summed E-state index contributed by atoms with van der Waals surface area (Å²) in [5.41, 5.74) is 1.55. The van der Waals surface area contributed by atoms with E-state index >= 15 is 0 Å². The van der Waals surface area contributed by atoms with Crippen LogP contribution in [-0.4, -0.2) is 36.8 Å². The molecule has 0 aliphatic heterocycles. The van der Waals surface area contributed by atoms with Gasteiger partial charge in [0.1, 0.15) is 11.7 Å². The molecule has 0 bridgehead atoms. The Hall–Kier alpha value is -4.08. The number of fused-ring (bicyclic) bond motifs is 1. The molecular formula is C30H32N4O4S. The topological polar surface area (TPSA) is 117 Å². The molecule has 0 spiro atoms. The summed E-state index contributed by atoms with van der Waals surface area (Å²) in [4.78, 5) is 31.0. The third kappa shape index (κ3) is 7.07. The quantitative estimate of drug-likeness (QED) is 0.300. The molecule has 1 aromatic heterocycles. The normalized spacial score (nSPS) is 12.6. The van der Waals surface area contributed by atoms with Crippen LogP contribution in [0.25, 0.3) is 10.8 Å². The number of aromatic nitrogens is 1. The van der Waals surface area contributed by atoms with Crippen LogP contribution in [0, 0.1) is 6.92 Å². The minimum absolute atomic E-state index is 0.116. The minimum Gasteiger partial charge on any atom is -0.339 e. The standard InChI is InChI=1S/C30H32N4O4S/c1-20-11-8-17-25(31-20)28(35)33-26(19-21-12-6-5-7-13-21)29(36)32-24-16-9-15-23-22(24)14-10-18-27(23)39(37,38)34-30(2,3)4/h5-18,26,34H,19H2,1-4H3,(H,32,36)(H,33,35)/t26-/m0/s1. The number of benzene rings is 3. The van der Waals surface area contributed by atoms with E-state index in [2.05, 4.69) is 20.3 Å². The highest BCUT2D eigenvalue weighted by atomic mass is 32.2. The number of hydrogen-bond acceptors (Lipinski definition) is 5. The van der Waals surface area contributed by atoms with Gasteiger partial charge in [-0.1, -0.05) is 60.7 Å². The van der Waals surface area contributed by atoms with Gasteiger partial charge in [-0.25, -0.2) is 18.1 Å². The number of hydrogen-bond donors (Lipinski definition) is 3. The Kier molecular flexibility index (Phi) is 8.13. The van der Waals surface area contributed by atoms with Gasteiger partial charge < -0.3 is 10.6 Å². The largest absolute Gasteiger partial charge is 0.339 e. The van der Waals surface area contributed by atoms with Crippen LogP contribution in [0.5, 0.6) is 0 Å². The van der Waals surface area contributed by atoms with E-state index in [9.17, 15) is 18.0 Å². The number of pyridine rings is 1. The van der Waals surface area contributed by atoms with Gasteiger partial charge in [0.25, 0.3) is 5.91 Å². The van der Waals surface area contributed by atoms with Crippen LogP contribution < -0.4 is 15.4 Å². The molecule has 4 rings (SSSR count). The van der Waals surface area contributed by atoms with E-state index in [1.807, 2.05) is 30.3 Å². The van der Waals surface area contributed by atoms with Crippen LogP contribution in [0.3, 0.4) is 0 Å². The van der Waals surface area contributed by atoms with Gasteiger partial charge in [-0.05, 0) is 57.5 Å². The Labute approximate surface area is 228 Å². The summed E-state index contributed by atoms with van der Waals surface area (Å²) in [5.74, 6) is -0.900. The first-order valence-corrected chi connectivity index (χ1v) is 14.1. The van der Waals surface area contributed by atoms with E-state index in [1.165, 1.54) is 6.07 Å². The third-order valence-electron chi connectivity index (χ3n) is 5.90. The van der Waals surface area contributed by atoms with Gasteiger partial charge in [0, 0.05) is 34.1 Å². The van der Waals surface area contributed by atoms with Gasteiger partial charge in [0.2, 0.25) is 15.9 Å². The summed E-state index contributed by atoms with van der Waals surface area (Å²) in [6.45, 7) is 7.11. The molecular weight excluding hydrogens is 512 g/mol. The first kappa shape index (κ1) is 27.9. The van der Waals surface area contributed by atoms with Gasteiger partial charge in [-0.2, -0.15) is 0 Å². The van der Waals surface area contributed by atoms with Crippen molar-refractivity contribution in [3.63, 3.8) is 0 Å². The summed E-state index contributed by atoms with van der Waals surface area (Å²) in [7, 11) is -3.82. The number of sulfonamides is 1. The van der Waals surface area contributed by atoms with E-state index in [4.69, 9.17) is 0 Å². The summed E-state index contributed by atoms with van der Waals surface area (Å²) < 4.78 is 29.0. The van der Waals surface area contributed by atoms with Crippen LogP contribution in [0.15, 0.2) is 89.8 Å². The number of nitrogens with one attached hydrogen (secondary N) is 3. The molecule has 4 aromatic rings. The zero-order valence-electron chi connectivity index (χ0n) is 22.4. The lowest BCUT2D eigenvalue weighted by atomic mass is 10.0. The zero-order valence-corrected chi connectivity index (χ0v) is 23.2. The van der Waals surface area contributed by atoms with Crippen molar-refractivity contribution in [3.05, 3.63) is 102 Å². The second-order valence-electron chi connectivity index (χ2n) is 10.4. The highest BCUT2D eigenvalue weighted by molar-refractivity contribution is 7.89. The van der Waals surface area contributed by atoms with Crippen molar-refractivity contribution in [2.24, 2.45) is 0 Å². The summed E-state index contributed by atoms with van der Waals surface area (Å²) >= 11 is 0. The predicted octanol–water partition coefficient (Wildman–Crippen LogP) is 4.60. The number of anilines is 1. The molecule has 3 N–H and O–H groups in total. The molecule has 8 nitrogen and oxygen atoms in total. The molecule has 202 valence electrons. The number of amides is 2. The second kappa shape index (κ2) is 11.3. The van der Waals surface area contributed by atoms with Crippen molar-refractivity contribution < 1.29 is 18.0 Å². The van der Waals surface area contributed by atoms with Gasteiger partial charge >= 0.3 is 0 Å². The third-order valence-corrected chi connectivity index (χ3v) is 7.71. The maximum Gasteiger partial charge on any atom is 0.270 e. The Balaban J connectivity index is 1.66. The molecule has 39 heavy (non-hydrogen) atoms. The molecule has 9 heteroatoms. The monoisotopic (exact) mass is 544 g/mol. The molecule has 0 unspecified atom stereocenters. The lowest BCUT2D eigenvalue weighted by Crippen LogP contribution is -2.45. The van der Waals surface area contributed by atoms with Crippen molar-refractivity contribution in [1.29, 1.82) is 0 Å². The van der Waals surface area contributed by atoms with E-state index < -0.39 is 33.4 Å². The van der Waals surface area contributed by atoms with Crippen LogP contribution in [0.2, 0.25) is 0 Å². The Morgan fingerprint density at radius 2 is 1.51 bits per heavy atom. The number of aryl methyl sites for hydroxylation is 1. The van der Waals surface area contributed by atoms with Crippen LogP contribution in [0.1, 0.15) is 42.5 Å². The average Bonchev–Trinajstić information content (AvgIpc) is 2.87. The van der Waals surface area contributed by atoms with Crippen LogP contribution >= 0.6 is 0 Å². The van der Waals surface area contributed by atoms with Crippen LogP contribution in [-0.2, 0) is 21.2 Å². The Bertz CT molecular complexity index is 1610. The molecule has 0 radical (unpaired) electrons. The number of carbonyl (C=O) groups excluding carboxylic acids is 2. The van der Waals surface area contributed by atoms with Gasteiger partial charge in [0.15, 0.2) is 0 Å². The molecule has 1 atom stereocenters. The molecule has 1 heterocycles. The highest BCUT2D eigenvalue weighted by Gasteiger charge is 2.26. The highest BCUT2D eigenvalue weighted by Crippen LogP contribution is 2.29. The maximum atomic E-state index is 13.6. The lowest BCUT2D eigenvalue weighted by molar-refractivity contribution is -0.118. The first-order valence-electron chi connectivity index (χ1n) is 12.6. The zero-order chi connectivity index (χ0) is 28.2. The van der Waals surface area contributed by atoms with Gasteiger partial charge in [-0.15, -0.1) is 0 Å². The van der Waals surface area contributed by atoms with E-state index in [0.717, 1.165) is 5.56 Å².